The van der Waals surface area contributed by atoms with Gasteiger partial charge in [-0.25, -0.2) is 4.39 Å². The van der Waals surface area contributed by atoms with Crippen LogP contribution in [0.3, 0.4) is 0 Å². The average Bonchev–Trinajstić information content (AvgIpc) is 2.99. The number of benzene rings is 1. The lowest BCUT2D eigenvalue weighted by Crippen LogP contribution is -2.37. The highest BCUT2D eigenvalue weighted by molar-refractivity contribution is 5.85. The van der Waals surface area contributed by atoms with Gasteiger partial charge >= 0.3 is 0 Å². The molecule has 1 aromatic carbocycles. The van der Waals surface area contributed by atoms with Crippen LogP contribution in [0.4, 0.5) is 4.39 Å². The fourth-order valence-corrected chi connectivity index (χ4v) is 3.49. The van der Waals surface area contributed by atoms with Crippen LogP contribution in [0.2, 0.25) is 0 Å². The standard InChI is InChI=1S/C17H21FN2O2/c1-11(2)16(21)20-9-13-8-19(17(22)15(13)10-20)7-12-4-3-5-14(18)6-12/h3-6,11,13,15H,7-10H2,1-2H3/t13-,15+/m0/s1. The van der Waals surface area contributed by atoms with Crippen molar-refractivity contribution in [2.45, 2.75) is 20.4 Å². The molecule has 0 unspecified atom stereocenters. The summed E-state index contributed by atoms with van der Waals surface area (Å²) < 4.78 is 13.2. The quantitative estimate of drug-likeness (QED) is 0.856. The van der Waals surface area contributed by atoms with E-state index >= 15 is 0 Å². The Labute approximate surface area is 129 Å². The van der Waals surface area contributed by atoms with E-state index in [1.165, 1.54) is 12.1 Å². The number of fused-ring (bicyclic) bond motifs is 1. The zero-order valence-corrected chi connectivity index (χ0v) is 13.0. The lowest BCUT2D eigenvalue weighted by molar-refractivity contribution is -0.135. The molecule has 2 amide bonds. The second kappa shape index (κ2) is 5.71. The SMILES string of the molecule is CC(C)C(=O)N1C[C@@H]2CN(Cc3cccc(F)c3)C(=O)[C@@H]2C1. The van der Waals surface area contributed by atoms with Gasteiger partial charge in [0.2, 0.25) is 11.8 Å². The highest BCUT2D eigenvalue weighted by Gasteiger charge is 2.47. The van der Waals surface area contributed by atoms with Crippen LogP contribution in [-0.4, -0.2) is 41.2 Å². The average molecular weight is 304 g/mol. The number of carbonyl (C=O) groups excluding carboxylic acids is 2. The summed E-state index contributed by atoms with van der Waals surface area (Å²) in [7, 11) is 0. The fourth-order valence-electron chi connectivity index (χ4n) is 3.49. The largest absolute Gasteiger partial charge is 0.341 e. The Bertz CT molecular complexity index is 602. The number of nitrogens with zero attached hydrogens (tertiary/aromatic N) is 2. The summed E-state index contributed by atoms with van der Waals surface area (Å²) in [5.41, 5.74) is 0.809. The van der Waals surface area contributed by atoms with E-state index in [1.54, 1.807) is 11.0 Å². The van der Waals surface area contributed by atoms with E-state index in [4.69, 9.17) is 0 Å². The summed E-state index contributed by atoms with van der Waals surface area (Å²) in [6.07, 6.45) is 0. The van der Waals surface area contributed by atoms with Gasteiger partial charge < -0.3 is 9.80 Å². The van der Waals surface area contributed by atoms with Crippen molar-refractivity contribution in [2.75, 3.05) is 19.6 Å². The summed E-state index contributed by atoms with van der Waals surface area (Å²) in [6, 6.07) is 6.36. The van der Waals surface area contributed by atoms with E-state index in [0.29, 0.717) is 26.2 Å². The molecular formula is C17H21FN2O2. The van der Waals surface area contributed by atoms with Crippen molar-refractivity contribution in [3.8, 4) is 0 Å². The number of rotatable bonds is 3. The summed E-state index contributed by atoms with van der Waals surface area (Å²) in [4.78, 5) is 28.2. The molecule has 0 saturated carbocycles. The first-order valence-electron chi connectivity index (χ1n) is 7.77. The van der Waals surface area contributed by atoms with Crippen LogP contribution in [0.5, 0.6) is 0 Å². The topological polar surface area (TPSA) is 40.6 Å². The van der Waals surface area contributed by atoms with Crippen molar-refractivity contribution in [1.29, 1.82) is 0 Å². The van der Waals surface area contributed by atoms with Crippen LogP contribution in [-0.2, 0) is 16.1 Å². The molecule has 2 aliphatic heterocycles. The van der Waals surface area contributed by atoms with Crippen LogP contribution < -0.4 is 0 Å². The van der Waals surface area contributed by atoms with E-state index in [0.717, 1.165) is 5.56 Å². The zero-order chi connectivity index (χ0) is 15.9. The minimum Gasteiger partial charge on any atom is -0.341 e. The molecule has 0 bridgehead atoms. The molecule has 0 N–H and O–H groups in total. The van der Waals surface area contributed by atoms with Crippen molar-refractivity contribution >= 4 is 11.8 Å². The first-order chi connectivity index (χ1) is 10.5. The molecule has 5 heteroatoms. The molecule has 2 aliphatic rings. The van der Waals surface area contributed by atoms with Crippen LogP contribution in [0.15, 0.2) is 24.3 Å². The molecule has 0 radical (unpaired) electrons. The van der Waals surface area contributed by atoms with Crippen LogP contribution in [0.25, 0.3) is 0 Å². The van der Waals surface area contributed by atoms with Gasteiger partial charge in [-0.05, 0) is 17.7 Å². The minimum atomic E-state index is -0.280. The molecule has 0 spiro atoms. The van der Waals surface area contributed by atoms with Gasteiger partial charge in [0.05, 0.1) is 5.92 Å². The maximum atomic E-state index is 13.2. The maximum absolute atomic E-state index is 13.2. The van der Waals surface area contributed by atoms with E-state index in [1.807, 2.05) is 24.8 Å². The molecule has 3 rings (SSSR count). The van der Waals surface area contributed by atoms with Crippen molar-refractivity contribution in [3.05, 3.63) is 35.6 Å². The molecule has 22 heavy (non-hydrogen) atoms. The van der Waals surface area contributed by atoms with Gasteiger partial charge in [0.15, 0.2) is 0 Å². The van der Waals surface area contributed by atoms with E-state index in [2.05, 4.69) is 0 Å². The van der Waals surface area contributed by atoms with E-state index in [-0.39, 0.29) is 35.4 Å². The Hall–Kier alpha value is -1.91. The van der Waals surface area contributed by atoms with Crippen molar-refractivity contribution in [1.82, 2.24) is 9.80 Å². The number of likely N-dealkylation sites (tertiary alicyclic amines) is 2. The second-order valence-corrected chi connectivity index (χ2v) is 6.61. The first kappa shape index (κ1) is 15.0. The molecule has 0 aromatic heterocycles. The smallest absolute Gasteiger partial charge is 0.228 e. The fraction of sp³-hybridized carbons (Fsp3) is 0.529. The Balaban J connectivity index is 1.65. The summed E-state index contributed by atoms with van der Waals surface area (Å²) in [5.74, 6) is 0.0302. The van der Waals surface area contributed by atoms with Gasteiger partial charge in [-0.15, -0.1) is 0 Å². The van der Waals surface area contributed by atoms with Crippen LogP contribution >= 0.6 is 0 Å². The van der Waals surface area contributed by atoms with Gasteiger partial charge in [0.1, 0.15) is 5.82 Å². The van der Waals surface area contributed by atoms with Gasteiger partial charge in [0.25, 0.3) is 0 Å². The minimum absolute atomic E-state index is 0.0303. The third-order valence-electron chi connectivity index (χ3n) is 4.59. The number of carbonyl (C=O) groups is 2. The molecule has 118 valence electrons. The van der Waals surface area contributed by atoms with Crippen molar-refractivity contribution in [3.63, 3.8) is 0 Å². The van der Waals surface area contributed by atoms with Gasteiger partial charge in [0, 0.05) is 38.0 Å². The van der Waals surface area contributed by atoms with Crippen LogP contribution in [0.1, 0.15) is 19.4 Å². The number of hydrogen-bond acceptors (Lipinski definition) is 2. The molecule has 4 nitrogen and oxygen atoms in total. The van der Waals surface area contributed by atoms with Gasteiger partial charge in [-0.3, -0.25) is 9.59 Å². The number of halogens is 1. The van der Waals surface area contributed by atoms with Crippen molar-refractivity contribution in [2.24, 2.45) is 17.8 Å². The number of amides is 2. The highest BCUT2D eigenvalue weighted by Crippen LogP contribution is 2.33. The van der Waals surface area contributed by atoms with E-state index in [9.17, 15) is 14.0 Å². The second-order valence-electron chi connectivity index (χ2n) is 6.61. The van der Waals surface area contributed by atoms with Gasteiger partial charge in [-0.1, -0.05) is 26.0 Å². The van der Waals surface area contributed by atoms with E-state index < -0.39 is 0 Å². The van der Waals surface area contributed by atoms with Gasteiger partial charge in [-0.2, -0.15) is 0 Å². The Morgan fingerprint density at radius 2 is 2.09 bits per heavy atom. The van der Waals surface area contributed by atoms with Crippen LogP contribution in [0, 0.1) is 23.6 Å². The Kier molecular flexibility index (Phi) is 3.89. The predicted octanol–water partition coefficient (Wildman–Crippen LogP) is 1.90. The Morgan fingerprint density at radius 1 is 1.32 bits per heavy atom. The Morgan fingerprint density at radius 3 is 2.73 bits per heavy atom. The lowest BCUT2D eigenvalue weighted by atomic mass is 10.0. The summed E-state index contributed by atoms with van der Waals surface area (Å²) in [6.45, 7) is 6.06. The molecule has 2 heterocycles. The molecule has 1 aromatic rings. The summed E-state index contributed by atoms with van der Waals surface area (Å²) in [5, 5.41) is 0. The highest BCUT2D eigenvalue weighted by atomic mass is 19.1. The molecule has 0 aliphatic carbocycles. The summed E-state index contributed by atoms with van der Waals surface area (Å²) >= 11 is 0. The molecule has 2 atom stereocenters. The molecular weight excluding hydrogens is 283 g/mol. The molecule has 2 saturated heterocycles. The maximum Gasteiger partial charge on any atom is 0.228 e. The normalized spacial score (nSPS) is 24.3. The zero-order valence-electron chi connectivity index (χ0n) is 13.0. The third kappa shape index (κ3) is 2.72. The lowest BCUT2D eigenvalue weighted by Gasteiger charge is -2.23. The monoisotopic (exact) mass is 304 g/mol. The van der Waals surface area contributed by atoms with Crippen molar-refractivity contribution < 1.29 is 14.0 Å². The molecule has 2 fully saturated rings. The predicted molar refractivity (Wildman–Crippen MR) is 80.2 cm³/mol. The third-order valence-corrected chi connectivity index (χ3v) is 4.59. The number of hydrogen-bond donors (Lipinski definition) is 0. The first-order valence-corrected chi connectivity index (χ1v) is 7.77.